The molecule has 0 radical (unpaired) electrons. The molecule has 0 aliphatic heterocycles. The highest BCUT2D eigenvalue weighted by Gasteiger charge is 2.08. The predicted molar refractivity (Wildman–Crippen MR) is 88.4 cm³/mol. The second-order valence-electron chi connectivity index (χ2n) is 4.38. The lowest BCUT2D eigenvalue weighted by Crippen LogP contribution is -2.05. The number of carbonyl (C=O) groups excluding carboxylic acids is 2. The van der Waals surface area contributed by atoms with Gasteiger partial charge in [0.15, 0.2) is 0 Å². The van der Waals surface area contributed by atoms with Gasteiger partial charge in [0, 0.05) is 18.2 Å². The Hall–Kier alpha value is -2.85. The molecule has 0 atom stereocenters. The molecule has 4 nitrogen and oxygen atoms in total. The summed E-state index contributed by atoms with van der Waals surface area (Å²) in [6.07, 6.45) is 3.98. The van der Waals surface area contributed by atoms with Gasteiger partial charge in [-0.05, 0) is 23.8 Å². The Bertz CT molecular complexity index is 751. The minimum atomic E-state index is -0.623. The molecule has 116 valence electrons. The largest absolute Gasteiger partial charge is 0.423 e. The molecule has 0 unspecified atom stereocenters. The van der Waals surface area contributed by atoms with Gasteiger partial charge in [-0.15, -0.1) is 0 Å². The van der Waals surface area contributed by atoms with Crippen LogP contribution in [-0.4, -0.2) is 11.9 Å². The fourth-order valence-electron chi connectivity index (χ4n) is 1.66. The maximum Gasteiger partial charge on any atom is 0.336 e. The third-order valence-corrected chi connectivity index (χ3v) is 3.01. The van der Waals surface area contributed by atoms with Crippen LogP contribution in [0.15, 0.2) is 67.3 Å². The number of hydrogen-bond donors (Lipinski definition) is 0. The molecule has 0 aliphatic carbocycles. The van der Waals surface area contributed by atoms with Crippen LogP contribution in [0.5, 0.6) is 11.5 Å². The third kappa shape index (κ3) is 5.13. The number of esters is 2. The molecule has 0 bridgehead atoms. The Balaban J connectivity index is 2.01. The van der Waals surface area contributed by atoms with Crippen LogP contribution in [-0.2, 0) is 9.59 Å². The number of hydrogen-bond acceptors (Lipinski definition) is 4. The van der Waals surface area contributed by atoms with Crippen molar-refractivity contribution in [2.75, 3.05) is 0 Å². The highest BCUT2D eigenvalue weighted by atomic mass is 35.5. The second kappa shape index (κ2) is 7.96. The lowest BCUT2D eigenvalue weighted by Gasteiger charge is -2.06. The molecule has 0 N–H and O–H groups in total. The predicted octanol–water partition coefficient (Wildman–Crippen LogP) is 4.05. The molecule has 0 saturated carbocycles. The lowest BCUT2D eigenvalue weighted by atomic mass is 10.2. The first kappa shape index (κ1) is 16.5. The Morgan fingerprint density at radius 3 is 2.39 bits per heavy atom. The van der Waals surface area contributed by atoms with Crippen LogP contribution in [0.3, 0.4) is 0 Å². The van der Waals surface area contributed by atoms with Crippen molar-refractivity contribution in [1.29, 1.82) is 0 Å². The summed E-state index contributed by atoms with van der Waals surface area (Å²) in [6.45, 7) is 3.29. The van der Waals surface area contributed by atoms with Crippen molar-refractivity contribution in [3.63, 3.8) is 0 Å². The van der Waals surface area contributed by atoms with E-state index in [4.69, 9.17) is 21.1 Å². The lowest BCUT2D eigenvalue weighted by molar-refractivity contribution is -0.130. The Morgan fingerprint density at radius 1 is 1.00 bits per heavy atom. The summed E-state index contributed by atoms with van der Waals surface area (Å²) in [4.78, 5) is 22.9. The number of ether oxygens (including phenoxy) is 2. The van der Waals surface area contributed by atoms with E-state index < -0.39 is 11.9 Å². The quantitative estimate of drug-likeness (QED) is 0.472. The molecule has 23 heavy (non-hydrogen) atoms. The molecule has 5 heteroatoms. The first-order chi connectivity index (χ1) is 11.1. The third-order valence-electron chi connectivity index (χ3n) is 2.71. The topological polar surface area (TPSA) is 52.6 Å². The van der Waals surface area contributed by atoms with Gasteiger partial charge in [-0.1, -0.05) is 48.5 Å². The van der Waals surface area contributed by atoms with Gasteiger partial charge in [-0.25, -0.2) is 9.59 Å². The van der Waals surface area contributed by atoms with Crippen molar-refractivity contribution >= 4 is 29.6 Å². The van der Waals surface area contributed by atoms with Crippen molar-refractivity contribution < 1.29 is 19.1 Å². The minimum absolute atomic E-state index is 0.150. The number of halogens is 1. The monoisotopic (exact) mass is 328 g/mol. The number of benzene rings is 2. The van der Waals surface area contributed by atoms with Crippen molar-refractivity contribution in [2.24, 2.45) is 0 Å². The highest BCUT2D eigenvalue weighted by molar-refractivity contribution is 6.32. The van der Waals surface area contributed by atoms with Gasteiger partial charge in [-0.3, -0.25) is 0 Å². The van der Waals surface area contributed by atoms with Gasteiger partial charge < -0.3 is 9.47 Å². The van der Waals surface area contributed by atoms with Gasteiger partial charge in [0.1, 0.15) is 11.5 Å². The maximum atomic E-state index is 11.8. The summed E-state index contributed by atoms with van der Waals surface area (Å²) in [6, 6.07) is 13.7. The molecule has 2 aromatic rings. The van der Waals surface area contributed by atoms with Crippen molar-refractivity contribution in [3.05, 3.63) is 77.8 Å². The molecule has 0 aliphatic rings. The summed E-state index contributed by atoms with van der Waals surface area (Å²) in [7, 11) is 0. The van der Waals surface area contributed by atoms with Gasteiger partial charge in [0.2, 0.25) is 0 Å². The Kier molecular flexibility index (Phi) is 5.72. The first-order valence-electron chi connectivity index (χ1n) is 6.67. The van der Waals surface area contributed by atoms with E-state index in [9.17, 15) is 9.59 Å². The summed E-state index contributed by atoms with van der Waals surface area (Å²) in [5.74, 6) is -0.754. The van der Waals surface area contributed by atoms with Crippen LogP contribution in [0.4, 0.5) is 0 Å². The van der Waals surface area contributed by atoms with E-state index >= 15 is 0 Å². The van der Waals surface area contributed by atoms with Gasteiger partial charge in [-0.2, -0.15) is 0 Å². The zero-order valence-corrected chi connectivity index (χ0v) is 12.8. The smallest absolute Gasteiger partial charge is 0.336 e. The molecular formula is C18H13ClO4. The zero-order chi connectivity index (χ0) is 16.7. The molecule has 0 spiro atoms. The molecule has 0 saturated heterocycles. The van der Waals surface area contributed by atoms with Crippen LogP contribution in [0.1, 0.15) is 5.56 Å². The average Bonchev–Trinajstić information content (AvgIpc) is 2.56. The SMILES string of the molecule is C=CC(=O)Oc1ccc(OC(=O)C=Cc2ccccc2)cc1Cl. The minimum Gasteiger partial charge on any atom is -0.423 e. The summed E-state index contributed by atoms with van der Waals surface area (Å²) in [5.41, 5.74) is 0.883. The molecule has 0 amide bonds. The number of rotatable bonds is 5. The van der Waals surface area contributed by atoms with Crippen LogP contribution < -0.4 is 9.47 Å². The first-order valence-corrected chi connectivity index (χ1v) is 7.05. The average molecular weight is 329 g/mol. The summed E-state index contributed by atoms with van der Waals surface area (Å²) in [5, 5.41) is 0.150. The van der Waals surface area contributed by atoms with Gasteiger partial charge >= 0.3 is 11.9 Å². The van der Waals surface area contributed by atoms with Crippen molar-refractivity contribution in [1.82, 2.24) is 0 Å². The Labute approximate surface area is 138 Å². The van der Waals surface area contributed by atoms with E-state index in [-0.39, 0.29) is 16.5 Å². The molecule has 0 aromatic heterocycles. The zero-order valence-electron chi connectivity index (χ0n) is 12.1. The van der Waals surface area contributed by atoms with Crippen LogP contribution in [0, 0.1) is 0 Å². The van der Waals surface area contributed by atoms with E-state index in [0.29, 0.717) is 0 Å². The van der Waals surface area contributed by atoms with Crippen LogP contribution in [0.25, 0.3) is 6.08 Å². The second-order valence-corrected chi connectivity index (χ2v) is 4.79. The van der Waals surface area contributed by atoms with Gasteiger partial charge in [0.25, 0.3) is 0 Å². The van der Waals surface area contributed by atoms with E-state index in [1.165, 1.54) is 24.3 Å². The standard InChI is InChI=1S/C18H13ClO4/c1-2-17(20)23-16-10-9-14(12-15(16)19)22-18(21)11-8-13-6-4-3-5-7-13/h2-12H,1H2. The van der Waals surface area contributed by atoms with E-state index in [0.717, 1.165) is 11.6 Å². The Morgan fingerprint density at radius 2 is 1.74 bits per heavy atom. The van der Waals surface area contributed by atoms with Crippen molar-refractivity contribution in [2.45, 2.75) is 0 Å². The molecule has 2 aromatic carbocycles. The molecule has 2 rings (SSSR count). The van der Waals surface area contributed by atoms with Crippen LogP contribution in [0.2, 0.25) is 5.02 Å². The van der Waals surface area contributed by atoms with Crippen molar-refractivity contribution in [3.8, 4) is 11.5 Å². The van der Waals surface area contributed by atoms with Gasteiger partial charge in [0.05, 0.1) is 5.02 Å². The number of carbonyl (C=O) groups is 2. The summed E-state index contributed by atoms with van der Waals surface area (Å²) < 4.78 is 10.0. The van der Waals surface area contributed by atoms with Crippen LogP contribution >= 0.6 is 11.6 Å². The molecule has 0 heterocycles. The fraction of sp³-hybridized carbons (Fsp3) is 0. The van der Waals surface area contributed by atoms with E-state index in [1.54, 1.807) is 6.08 Å². The molecular weight excluding hydrogens is 316 g/mol. The van der Waals surface area contributed by atoms with E-state index in [2.05, 4.69) is 6.58 Å². The normalized spacial score (nSPS) is 10.3. The maximum absolute atomic E-state index is 11.8. The fourth-order valence-corrected chi connectivity index (χ4v) is 1.87. The highest BCUT2D eigenvalue weighted by Crippen LogP contribution is 2.29. The molecule has 0 fully saturated rings. The summed E-state index contributed by atoms with van der Waals surface area (Å²) >= 11 is 5.97. The van der Waals surface area contributed by atoms with E-state index in [1.807, 2.05) is 30.3 Å².